The van der Waals surface area contributed by atoms with Crippen LogP contribution in [0.25, 0.3) is 9.75 Å². The zero-order chi connectivity index (χ0) is 15.5. The Morgan fingerprint density at radius 2 is 2.00 bits per heavy atom. The lowest BCUT2D eigenvalue weighted by molar-refractivity contribution is -0.903. The summed E-state index contributed by atoms with van der Waals surface area (Å²) in [5.74, 6) is -0.168. The van der Waals surface area contributed by atoms with Gasteiger partial charge in [-0.05, 0) is 17.5 Å². The van der Waals surface area contributed by atoms with Crippen LogP contribution < -0.4 is 0 Å². The Hall–Kier alpha value is -0.730. The van der Waals surface area contributed by atoms with Gasteiger partial charge in [0.1, 0.15) is 6.54 Å². The molecule has 4 nitrogen and oxygen atoms in total. The summed E-state index contributed by atoms with van der Waals surface area (Å²) in [4.78, 5) is 2.56. The third-order valence-corrected chi connectivity index (χ3v) is 6.04. The molecule has 2 aromatic heterocycles. The zero-order valence-electron chi connectivity index (χ0n) is 12.2. The highest BCUT2D eigenvalue weighted by atomic mass is 32.2. The maximum atomic E-state index is 10.8. The molecule has 0 bridgehead atoms. The number of hydrogen-bond acceptors (Lipinski definition) is 4. The van der Waals surface area contributed by atoms with Gasteiger partial charge in [0.2, 0.25) is 0 Å². The fraction of sp³-hybridized carbons (Fsp3) is 0.429. The Bertz CT molecular complexity index is 672. The molecule has 21 heavy (non-hydrogen) atoms. The second-order valence-corrected chi connectivity index (χ2v) is 9.18. The van der Waals surface area contributed by atoms with Gasteiger partial charge in [0.25, 0.3) is 10.1 Å². The third-order valence-electron chi connectivity index (χ3n) is 3.19. The minimum Gasteiger partial charge on any atom is -0.325 e. The maximum Gasteiger partial charge on any atom is 0.265 e. The van der Waals surface area contributed by atoms with Crippen LogP contribution in [0.15, 0.2) is 29.0 Å². The van der Waals surface area contributed by atoms with E-state index in [2.05, 4.69) is 43.1 Å². The molecule has 116 valence electrons. The SMILES string of the molecule is C[N+](C)(CCCS(=O)(=O)O)Cc1csc(-c2cccs2)c1. The number of rotatable bonds is 7. The summed E-state index contributed by atoms with van der Waals surface area (Å²) >= 11 is 3.48. The van der Waals surface area contributed by atoms with Crippen molar-refractivity contribution in [1.82, 2.24) is 0 Å². The minimum atomic E-state index is -3.85. The Balaban J connectivity index is 1.94. The molecule has 0 saturated heterocycles. The Kier molecular flexibility index (Phi) is 5.21. The van der Waals surface area contributed by atoms with E-state index in [1.807, 2.05) is 0 Å². The van der Waals surface area contributed by atoms with Crippen molar-refractivity contribution in [2.24, 2.45) is 0 Å². The Morgan fingerprint density at radius 1 is 1.24 bits per heavy atom. The standard InChI is InChI=1S/C14H19NO3S3/c1-15(2,6-4-8-21(16,17)18)10-12-9-14(20-11-12)13-5-3-7-19-13/h3,5,7,9,11H,4,6,8,10H2,1-2H3/p+1. The summed E-state index contributed by atoms with van der Waals surface area (Å²) in [7, 11) is 0.300. The van der Waals surface area contributed by atoms with Gasteiger partial charge in [-0.25, -0.2) is 0 Å². The molecule has 0 fully saturated rings. The summed E-state index contributed by atoms with van der Waals surface area (Å²) in [5, 5.41) is 4.24. The quantitative estimate of drug-likeness (QED) is 0.618. The van der Waals surface area contributed by atoms with Gasteiger partial charge >= 0.3 is 0 Å². The monoisotopic (exact) mass is 346 g/mol. The van der Waals surface area contributed by atoms with E-state index >= 15 is 0 Å². The van der Waals surface area contributed by atoms with Crippen LogP contribution in [0, 0.1) is 0 Å². The normalized spacial score (nSPS) is 12.7. The molecule has 1 N–H and O–H groups in total. The summed E-state index contributed by atoms with van der Waals surface area (Å²) in [6, 6.07) is 6.38. The van der Waals surface area contributed by atoms with Crippen LogP contribution in [0.4, 0.5) is 0 Å². The topological polar surface area (TPSA) is 54.4 Å². The van der Waals surface area contributed by atoms with Gasteiger partial charge < -0.3 is 4.48 Å². The first-order valence-corrected chi connectivity index (χ1v) is 10.0. The van der Waals surface area contributed by atoms with Crippen molar-refractivity contribution in [3.8, 4) is 9.75 Å². The lowest BCUT2D eigenvalue weighted by Crippen LogP contribution is -2.40. The maximum absolute atomic E-state index is 10.8. The van der Waals surface area contributed by atoms with Crippen molar-refractivity contribution in [2.75, 3.05) is 26.4 Å². The largest absolute Gasteiger partial charge is 0.325 e. The van der Waals surface area contributed by atoms with Gasteiger partial charge in [0.05, 0.1) is 26.4 Å². The number of hydrogen-bond donors (Lipinski definition) is 1. The first-order valence-electron chi connectivity index (χ1n) is 6.64. The van der Waals surface area contributed by atoms with Gasteiger partial charge in [-0.2, -0.15) is 8.42 Å². The molecule has 0 aliphatic carbocycles. The molecule has 0 aromatic carbocycles. The molecule has 0 radical (unpaired) electrons. The van der Waals surface area contributed by atoms with E-state index in [1.165, 1.54) is 15.3 Å². The van der Waals surface area contributed by atoms with Crippen LogP contribution in [0.3, 0.4) is 0 Å². The second kappa shape index (κ2) is 6.58. The van der Waals surface area contributed by atoms with Gasteiger partial charge in [-0.3, -0.25) is 4.55 Å². The number of quaternary nitrogens is 1. The summed E-state index contributed by atoms with van der Waals surface area (Å²) in [6.07, 6.45) is 0.466. The van der Waals surface area contributed by atoms with E-state index in [0.29, 0.717) is 17.4 Å². The van der Waals surface area contributed by atoms with E-state index in [4.69, 9.17) is 4.55 Å². The van der Waals surface area contributed by atoms with Crippen LogP contribution in [0.1, 0.15) is 12.0 Å². The molecule has 0 saturated carbocycles. The van der Waals surface area contributed by atoms with Gasteiger partial charge in [-0.1, -0.05) is 6.07 Å². The summed E-state index contributed by atoms with van der Waals surface area (Å²) < 4.78 is 31.0. The lowest BCUT2D eigenvalue weighted by atomic mass is 10.2. The number of thiophene rings is 2. The predicted molar refractivity (Wildman–Crippen MR) is 89.3 cm³/mol. The molecule has 0 atom stereocenters. The van der Waals surface area contributed by atoms with E-state index < -0.39 is 10.1 Å². The molecule has 0 unspecified atom stereocenters. The highest BCUT2D eigenvalue weighted by molar-refractivity contribution is 7.85. The molecule has 0 aliphatic rings. The first kappa shape index (κ1) is 16.6. The number of nitrogens with zero attached hydrogens (tertiary/aromatic N) is 1. The van der Waals surface area contributed by atoms with Crippen molar-refractivity contribution in [3.63, 3.8) is 0 Å². The van der Waals surface area contributed by atoms with Crippen LogP contribution in [0.5, 0.6) is 0 Å². The Morgan fingerprint density at radius 3 is 2.62 bits per heavy atom. The summed E-state index contributed by atoms with van der Waals surface area (Å²) in [5.41, 5.74) is 1.26. The molecule has 2 aromatic rings. The van der Waals surface area contributed by atoms with Crippen molar-refractivity contribution >= 4 is 32.8 Å². The highest BCUT2D eigenvalue weighted by Crippen LogP contribution is 2.31. The molecule has 7 heteroatoms. The molecule has 0 spiro atoms. The average Bonchev–Trinajstić information content (AvgIpc) is 2.95. The summed E-state index contributed by atoms with van der Waals surface area (Å²) in [6.45, 7) is 1.57. The molecular weight excluding hydrogens is 326 g/mol. The van der Waals surface area contributed by atoms with E-state index in [0.717, 1.165) is 6.54 Å². The third kappa shape index (κ3) is 5.52. The first-order chi connectivity index (χ1) is 9.75. The van der Waals surface area contributed by atoms with Crippen molar-refractivity contribution in [1.29, 1.82) is 0 Å². The van der Waals surface area contributed by atoms with Crippen LogP contribution >= 0.6 is 22.7 Å². The smallest absolute Gasteiger partial charge is 0.265 e. The van der Waals surface area contributed by atoms with Crippen molar-refractivity contribution < 1.29 is 17.5 Å². The second-order valence-electron chi connectivity index (χ2n) is 5.75. The van der Waals surface area contributed by atoms with Gasteiger partial charge in [-0.15, -0.1) is 22.7 Å². The molecular formula is C14H20NO3S3+. The van der Waals surface area contributed by atoms with E-state index in [1.54, 1.807) is 22.7 Å². The van der Waals surface area contributed by atoms with E-state index in [9.17, 15) is 8.42 Å². The van der Waals surface area contributed by atoms with Crippen LogP contribution in [-0.4, -0.2) is 43.8 Å². The predicted octanol–water partition coefficient (Wildman–Crippen LogP) is 3.33. The fourth-order valence-electron chi connectivity index (χ4n) is 2.25. The van der Waals surface area contributed by atoms with Gasteiger partial charge in [0.15, 0.2) is 0 Å². The minimum absolute atomic E-state index is 0.168. The van der Waals surface area contributed by atoms with E-state index in [-0.39, 0.29) is 5.75 Å². The Labute approximate surface area is 134 Å². The fourth-order valence-corrected chi connectivity index (χ4v) is 4.50. The molecule has 2 rings (SSSR count). The van der Waals surface area contributed by atoms with Crippen molar-refractivity contribution in [3.05, 3.63) is 34.5 Å². The zero-order valence-corrected chi connectivity index (χ0v) is 14.6. The molecule has 2 heterocycles. The highest BCUT2D eigenvalue weighted by Gasteiger charge is 2.18. The van der Waals surface area contributed by atoms with Crippen molar-refractivity contribution in [2.45, 2.75) is 13.0 Å². The van der Waals surface area contributed by atoms with Gasteiger partial charge in [0, 0.05) is 27.1 Å². The molecule has 0 aliphatic heterocycles. The average molecular weight is 347 g/mol. The lowest BCUT2D eigenvalue weighted by Gasteiger charge is -2.29. The van der Waals surface area contributed by atoms with Crippen LogP contribution in [0.2, 0.25) is 0 Å². The molecule has 0 amide bonds. The van der Waals surface area contributed by atoms with Crippen LogP contribution in [-0.2, 0) is 16.7 Å².